The van der Waals surface area contributed by atoms with E-state index in [-0.39, 0.29) is 25.4 Å². The first kappa shape index (κ1) is 38.4. The summed E-state index contributed by atoms with van der Waals surface area (Å²) in [5, 5.41) is 28.3. The van der Waals surface area contributed by atoms with Gasteiger partial charge in [0, 0.05) is 30.7 Å². The molecule has 0 bridgehead atoms. The Morgan fingerprint density at radius 1 is 0.857 bits per heavy atom. The zero-order valence-corrected chi connectivity index (χ0v) is 31.5. The number of hydrogen-bond donors (Lipinski definition) is 3. The average Bonchev–Trinajstić information content (AvgIpc) is 3.74. The number of benzene rings is 5. The number of aromatic nitrogens is 4. The third kappa shape index (κ3) is 9.68. The Labute approximate surface area is 329 Å². The van der Waals surface area contributed by atoms with Gasteiger partial charge in [0.25, 0.3) is 0 Å². The smallest absolute Gasteiger partial charge is 0.328 e. The predicted octanol–water partition coefficient (Wildman–Crippen LogP) is 6.74. The van der Waals surface area contributed by atoms with Crippen molar-refractivity contribution < 1.29 is 28.9 Å². The second kappa shape index (κ2) is 18.7. The molecule has 0 aliphatic carbocycles. The van der Waals surface area contributed by atoms with Gasteiger partial charge in [0.15, 0.2) is 6.29 Å². The quantitative estimate of drug-likeness (QED) is 0.0803. The van der Waals surface area contributed by atoms with Crippen molar-refractivity contribution in [2.75, 3.05) is 12.9 Å². The summed E-state index contributed by atoms with van der Waals surface area (Å²) in [6.45, 7) is 0.206. The first-order valence-corrected chi connectivity index (χ1v) is 19.3. The van der Waals surface area contributed by atoms with E-state index in [0.717, 1.165) is 44.6 Å². The van der Waals surface area contributed by atoms with Crippen LogP contribution in [0.3, 0.4) is 0 Å². The van der Waals surface area contributed by atoms with Gasteiger partial charge >= 0.3 is 12.0 Å². The normalized spacial score (nSPS) is 17.1. The van der Waals surface area contributed by atoms with E-state index in [1.807, 2.05) is 133 Å². The minimum absolute atomic E-state index is 0.0315. The number of tetrazole rings is 1. The Kier molecular flexibility index (Phi) is 12.8. The molecule has 4 atom stereocenters. The fraction of sp³-hybridized carbons (Fsp3) is 0.233. The van der Waals surface area contributed by atoms with Crippen molar-refractivity contribution in [3.05, 3.63) is 161 Å². The maximum absolute atomic E-state index is 13.0. The van der Waals surface area contributed by atoms with Crippen molar-refractivity contribution in [2.45, 2.75) is 55.7 Å². The van der Waals surface area contributed by atoms with Gasteiger partial charge in [-0.05, 0) is 55.9 Å². The van der Waals surface area contributed by atoms with E-state index >= 15 is 0 Å². The van der Waals surface area contributed by atoms with E-state index in [2.05, 4.69) is 26.2 Å². The van der Waals surface area contributed by atoms with Crippen molar-refractivity contribution >= 4 is 23.8 Å². The van der Waals surface area contributed by atoms with Crippen LogP contribution in [-0.2, 0) is 38.6 Å². The highest BCUT2D eigenvalue weighted by molar-refractivity contribution is 7.99. The topological polar surface area (TPSA) is 150 Å². The van der Waals surface area contributed by atoms with Crippen molar-refractivity contribution in [3.8, 4) is 16.8 Å². The molecule has 1 saturated heterocycles. The van der Waals surface area contributed by atoms with Crippen LogP contribution < -0.4 is 10.6 Å². The standard InChI is InChI=1S/C43H42N6O6S/c1-53-40(51)38(24-29-10-4-2-5-11-29)45-42(52)44-26-34-12-8-9-15-37(34)31-20-22-33(23-21-31)41-54-36(25-39(55-41)32-18-16-30(27-50)17-19-32)28-56-43-46-47-48-49(43)35-13-6-3-7-14-35/h2-23,36,38-39,41,50H,24-28H2,1H3,(H2,44,45,52)/t36-,38+,39+,41+/m1/s1. The minimum Gasteiger partial charge on any atom is -0.467 e. The predicted molar refractivity (Wildman–Crippen MR) is 211 cm³/mol. The number of methoxy groups -OCH3 is 1. The van der Waals surface area contributed by atoms with Crippen LogP contribution in [0.2, 0.25) is 0 Å². The summed E-state index contributed by atoms with van der Waals surface area (Å²) in [5.74, 6) is 0.0768. The van der Waals surface area contributed by atoms with Gasteiger partial charge in [-0.3, -0.25) is 0 Å². The van der Waals surface area contributed by atoms with E-state index in [1.165, 1.54) is 18.9 Å². The molecule has 1 aliphatic rings. The molecule has 1 aliphatic heterocycles. The van der Waals surface area contributed by atoms with Crippen molar-refractivity contribution in [3.63, 3.8) is 0 Å². The molecular formula is C43H42N6O6S. The van der Waals surface area contributed by atoms with Crippen molar-refractivity contribution in [1.29, 1.82) is 0 Å². The number of aliphatic hydroxyl groups excluding tert-OH is 1. The molecule has 3 N–H and O–H groups in total. The van der Waals surface area contributed by atoms with Gasteiger partial charge in [-0.2, -0.15) is 4.68 Å². The highest BCUT2D eigenvalue weighted by atomic mass is 32.2. The highest BCUT2D eigenvalue weighted by Gasteiger charge is 2.33. The second-order valence-corrected chi connectivity index (χ2v) is 14.2. The van der Waals surface area contributed by atoms with Gasteiger partial charge < -0.3 is 30.0 Å². The largest absolute Gasteiger partial charge is 0.467 e. The number of para-hydroxylation sites is 1. The number of rotatable bonds is 14. The number of nitrogens with zero attached hydrogens (tertiary/aromatic N) is 4. The average molecular weight is 771 g/mol. The van der Waals surface area contributed by atoms with Crippen LogP contribution in [0.1, 0.15) is 46.6 Å². The van der Waals surface area contributed by atoms with Gasteiger partial charge in [0.1, 0.15) is 6.04 Å². The fourth-order valence-electron chi connectivity index (χ4n) is 6.54. The first-order chi connectivity index (χ1) is 27.5. The third-order valence-corrected chi connectivity index (χ3v) is 10.5. The zero-order chi connectivity index (χ0) is 38.7. The first-order valence-electron chi connectivity index (χ1n) is 18.3. The summed E-state index contributed by atoms with van der Waals surface area (Å²) < 4.78 is 19.9. The summed E-state index contributed by atoms with van der Waals surface area (Å²) in [6, 6.07) is 41.6. The lowest BCUT2D eigenvalue weighted by Crippen LogP contribution is -2.47. The molecule has 0 unspecified atom stereocenters. The van der Waals surface area contributed by atoms with Crippen LogP contribution in [-0.4, -0.2) is 62.3 Å². The lowest BCUT2D eigenvalue weighted by molar-refractivity contribution is -0.245. The molecule has 1 fully saturated rings. The highest BCUT2D eigenvalue weighted by Crippen LogP contribution is 2.40. The Bertz CT molecular complexity index is 2190. The number of thioether (sulfide) groups is 1. The molecule has 5 aromatic carbocycles. The molecule has 56 heavy (non-hydrogen) atoms. The van der Waals surface area contributed by atoms with Crippen LogP contribution in [0.4, 0.5) is 4.79 Å². The molecule has 7 rings (SSSR count). The number of carbonyl (C=O) groups excluding carboxylic acids is 2. The minimum atomic E-state index is -0.835. The summed E-state index contributed by atoms with van der Waals surface area (Å²) in [7, 11) is 1.31. The lowest BCUT2D eigenvalue weighted by Gasteiger charge is -2.36. The second-order valence-electron chi connectivity index (χ2n) is 13.2. The Morgan fingerprint density at radius 3 is 2.29 bits per heavy atom. The van der Waals surface area contributed by atoms with Gasteiger partial charge in [-0.25, -0.2) is 9.59 Å². The number of carbonyl (C=O) groups is 2. The summed E-state index contributed by atoms with van der Waals surface area (Å²) in [4.78, 5) is 25.5. The molecule has 13 heteroatoms. The zero-order valence-electron chi connectivity index (χ0n) is 30.7. The molecule has 1 aromatic heterocycles. The summed E-state index contributed by atoms with van der Waals surface area (Å²) in [5.41, 5.74) is 7.28. The van der Waals surface area contributed by atoms with E-state index in [9.17, 15) is 14.7 Å². The van der Waals surface area contributed by atoms with Gasteiger partial charge in [-0.1, -0.05) is 133 Å². The van der Waals surface area contributed by atoms with E-state index < -0.39 is 24.3 Å². The number of nitrogens with one attached hydrogen (secondary N) is 2. The number of amides is 2. The van der Waals surface area contributed by atoms with Crippen LogP contribution in [0.25, 0.3) is 16.8 Å². The molecule has 6 aromatic rings. The van der Waals surface area contributed by atoms with Gasteiger partial charge in [0.05, 0.1) is 31.6 Å². The molecule has 0 saturated carbocycles. The third-order valence-electron chi connectivity index (χ3n) is 9.48. The lowest BCUT2D eigenvalue weighted by atomic mass is 9.98. The summed E-state index contributed by atoms with van der Waals surface area (Å²) in [6.07, 6.45) is -0.153. The monoisotopic (exact) mass is 770 g/mol. The Balaban J connectivity index is 1.04. The number of aliphatic hydroxyl groups is 1. The van der Waals surface area contributed by atoms with Crippen molar-refractivity contribution in [2.24, 2.45) is 0 Å². The molecule has 2 heterocycles. The Morgan fingerprint density at radius 2 is 1.55 bits per heavy atom. The van der Waals surface area contributed by atoms with Gasteiger partial charge in [-0.15, -0.1) is 5.10 Å². The maximum atomic E-state index is 13.0. The molecule has 286 valence electrons. The van der Waals surface area contributed by atoms with Crippen LogP contribution in [0.15, 0.2) is 139 Å². The molecule has 0 spiro atoms. The number of hydrogen-bond acceptors (Lipinski definition) is 10. The molecular weight excluding hydrogens is 729 g/mol. The van der Waals surface area contributed by atoms with Crippen molar-refractivity contribution in [1.82, 2.24) is 30.8 Å². The van der Waals surface area contributed by atoms with Crippen LogP contribution >= 0.6 is 11.8 Å². The van der Waals surface area contributed by atoms with E-state index in [1.54, 1.807) is 4.68 Å². The maximum Gasteiger partial charge on any atom is 0.328 e. The molecule has 2 amide bonds. The molecule has 0 radical (unpaired) electrons. The van der Waals surface area contributed by atoms with Gasteiger partial charge in [0.2, 0.25) is 5.16 Å². The van der Waals surface area contributed by atoms with Crippen LogP contribution in [0.5, 0.6) is 0 Å². The van der Waals surface area contributed by atoms with E-state index in [0.29, 0.717) is 23.8 Å². The van der Waals surface area contributed by atoms with Crippen LogP contribution in [0, 0.1) is 0 Å². The SMILES string of the molecule is COC(=O)[C@H](Cc1ccccc1)NC(=O)NCc1ccccc1-c1ccc([C@H]2O[C@@H](CSc3nnnn3-c3ccccc3)C[C@@H](c3ccc(CO)cc3)O2)cc1. The number of urea groups is 1. The summed E-state index contributed by atoms with van der Waals surface area (Å²) >= 11 is 1.53. The fourth-order valence-corrected chi connectivity index (χ4v) is 7.44. The number of ether oxygens (including phenoxy) is 3. The Hall–Kier alpha value is -5.86. The number of esters is 1. The van der Waals surface area contributed by atoms with E-state index in [4.69, 9.17) is 14.2 Å². The molecule has 12 nitrogen and oxygen atoms in total.